The van der Waals surface area contributed by atoms with Gasteiger partial charge < -0.3 is 10.2 Å². The Morgan fingerprint density at radius 3 is 2.57 bits per heavy atom. The van der Waals surface area contributed by atoms with Crippen LogP contribution in [0.4, 0.5) is 0 Å². The molecule has 0 saturated heterocycles. The standard InChI is InChI=1S/C20H18N6O2/c1-25(2)20(28)16-10-8-15(9-11-16)5-4-12-21-19(27)17-6-3-7-18(13-17)26-14-22-23-24-26/h3,6-11,13-14H,12H2,1-2H3,(H,21,27). The maximum atomic E-state index is 12.3. The number of carbonyl (C=O) groups is 2. The number of tetrazole rings is 1. The van der Waals surface area contributed by atoms with E-state index in [1.165, 1.54) is 15.9 Å². The lowest BCUT2D eigenvalue weighted by molar-refractivity contribution is 0.0827. The van der Waals surface area contributed by atoms with Crippen LogP contribution in [0.1, 0.15) is 26.3 Å². The molecule has 0 aliphatic heterocycles. The van der Waals surface area contributed by atoms with Crippen molar-refractivity contribution in [2.24, 2.45) is 0 Å². The smallest absolute Gasteiger partial charge is 0.253 e. The Labute approximate surface area is 162 Å². The summed E-state index contributed by atoms with van der Waals surface area (Å²) in [6.07, 6.45) is 1.46. The topological polar surface area (TPSA) is 93.0 Å². The number of nitrogens with zero attached hydrogens (tertiary/aromatic N) is 5. The quantitative estimate of drug-likeness (QED) is 0.692. The lowest BCUT2D eigenvalue weighted by Gasteiger charge is -2.09. The summed E-state index contributed by atoms with van der Waals surface area (Å²) in [7, 11) is 3.41. The number of amides is 2. The van der Waals surface area contributed by atoms with Crippen LogP contribution in [0.3, 0.4) is 0 Å². The van der Waals surface area contributed by atoms with Crippen LogP contribution in [0.15, 0.2) is 54.9 Å². The van der Waals surface area contributed by atoms with E-state index in [0.29, 0.717) is 16.8 Å². The van der Waals surface area contributed by atoms with E-state index in [9.17, 15) is 9.59 Å². The third-order valence-electron chi connectivity index (χ3n) is 3.83. The van der Waals surface area contributed by atoms with Gasteiger partial charge in [0.1, 0.15) is 6.33 Å². The highest BCUT2D eigenvalue weighted by molar-refractivity contribution is 5.95. The van der Waals surface area contributed by atoms with E-state index < -0.39 is 0 Å². The molecule has 0 bridgehead atoms. The Bertz CT molecular complexity index is 1030. The molecule has 3 aromatic rings. The fourth-order valence-corrected chi connectivity index (χ4v) is 2.40. The summed E-state index contributed by atoms with van der Waals surface area (Å²) in [6, 6.07) is 14.0. The van der Waals surface area contributed by atoms with Gasteiger partial charge in [0, 0.05) is 30.8 Å². The fraction of sp³-hybridized carbons (Fsp3) is 0.150. The van der Waals surface area contributed by atoms with Gasteiger partial charge in [-0.25, -0.2) is 4.68 Å². The molecule has 28 heavy (non-hydrogen) atoms. The number of rotatable bonds is 4. The number of nitrogens with one attached hydrogen (secondary N) is 1. The van der Waals surface area contributed by atoms with E-state index in [0.717, 1.165) is 5.56 Å². The first-order chi connectivity index (χ1) is 13.5. The van der Waals surface area contributed by atoms with Crippen LogP contribution in [0, 0.1) is 11.8 Å². The molecule has 1 heterocycles. The zero-order chi connectivity index (χ0) is 19.9. The van der Waals surface area contributed by atoms with Gasteiger partial charge in [0.2, 0.25) is 0 Å². The highest BCUT2D eigenvalue weighted by Gasteiger charge is 2.07. The molecule has 2 amide bonds. The number of benzene rings is 2. The van der Waals surface area contributed by atoms with Gasteiger partial charge in [0.05, 0.1) is 12.2 Å². The summed E-state index contributed by atoms with van der Waals surface area (Å²) >= 11 is 0. The lowest BCUT2D eigenvalue weighted by atomic mass is 10.1. The van der Waals surface area contributed by atoms with E-state index in [4.69, 9.17) is 0 Å². The van der Waals surface area contributed by atoms with Crippen molar-refractivity contribution in [1.29, 1.82) is 0 Å². The van der Waals surface area contributed by atoms with Gasteiger partial charge in [-0.15, -0.1) is 5.10 Å². The number of carbonyl (C=O) groups excluding carboxylic acids is 2. The summed E-state index contributed by atoms with van der Waals surface area (Å²) in [4.78, 5) is 25.7. The zero-order valence-corrected chi connectivity index (χ0v) is 15.5. The van der Waals surface area contributed by atoms with Gasteiger partial charge >= 0.3 is 0 Å². The van der Waals surface area contributed by atoms with Gasteiger partial charge in [0.15, 0.2) is 0 Å². The predicted octanol–water partition coefficient (Wildman–Crippen LogP) is 1.15. The first-order valence-corrected chi connectivity index (χ1v) is 8.47. The summed E-state index contributed by atoms with van der Waals surface area (Å²) in [5, 5.41) is 13.7. The first-order valence-electron chi connectivity index (χ1n) is 8.47. The first kappa shape index (κ1) is 18.8. The molecule has 8 heteroatoms. The molecular formula is C20H18N6O2. The van der Waals surface area contributed by atoms with Crippen LogP contribution in [-0.2, 0) is 0 Å². The van der Waals surface area contributed by atoms with E-state index >= 15 is 0 Å². The van der Waals surface area contributed by atoms with Crippen molar-refractivity contribution in [3.8, 4) is 17.5 Å². The van der Waals surface area contributed by atoms with Crippen molar-refractivity contribution in [2.45, 2.75) is 0 Å². The minimum atomic E-state index is -0.240. The van der Waals surface area contributed by atoms with Crippen LogP contribution in [0.25, 0.3) is 5.69 Å². The predicted molar refractivity (Wildman–Crippen MR) is 103 cm³/mol. The van der Waals surface area contributed by atoms with Crippen LogP contribution in [-0.4, -0.2) is 57.6 Å². The van der Waals surface area contributed by atoms with Crippen LogP contribution in [0.2, 0.25) is 0 Å². The molecule has 0 radical (unpaired) electrons. The van der Waals surface area contributed by atoms with E-state index in [1.54, 1.807) is 62.6 Å². The normalized spacial score (nSPS) is 9.93. The van der Waals surface area contributed by atoms with Crippen LogP contribution < -0.4 is 5.32 Å². The molecule has 3 rings (SSSR count). The van der Waals surface area contributed by atoms with Gasteiger partial charge in [-0.2, -0.15) is 0 Å². The van der Waals surface area contributed by atoms with Gasteiger partial charge in [-0.05, 0) is 52.9 Å². The molecule has 0 atom stereocenters. The van der Waals surface area contributed by atoms with Gasteiger partial charge in [0.25, 0.3) is 11.8 Å². The fourth-order valence-electron chi connectivity index (χ4n) is 2.40. The summed E-state index contributed by atoms with van der Waals surface area (Å²) in [5.41, 5.74) is 2.55. The molecule has 1 N–H and O–H groups in total. The molecule has 0 aliphatic rings. The Hall–Kier alpha value is -3.99. The number of hydrogen-bond acceptors (Lipinski definition) is 5. The SMILES string of the molecule is CN(C)C(=O)c1ccc(C#CCNC(=O)c2cccc(-n3cnnn3)c2)cc1. The Morgan fingerprint density at radius 1 is 1.11 bits per heavy atom. The maximum Gasteiger partial charge on any atom is 0.253 e. The van der Waals surface area contributed by atoms with Gasteiger partial charge in [-0.1, -0.05) is 17.9 Å². The second-order valence-corrected chi connectivity index (χ2v) is 6.07. The van der Waals surface area contributed by atoms with Crippen LogP contribution in [0.5, 0.6) is 0 Å². The van der Waals surface area contributed by atoms with Crippen molar-refractivity contribution in [3.63, 3.8) is 0 Å². The molecule has 0 aliphatic carbocycles. The Kier molecular flexibility index (Phi) is 5.77. The molecule has 0 fully saturated rings. The molecular weight excluding hydrogens is 356 g/mol. The molecule has 0 spiro atoms. The molecule has 1 aromatic heterocycles. The summed E-state index contributed by atoms with van der Waals surface area (Å²) in [5.74, 6) is 5.56. The van der Waals surface area contributed by atoms with Crippen molar-refractivity contribution in [1.82, 2.24) is 30.4 Å². The Morgan fingerprint density at radius 2 is 1.89 bits per heavy atom. The van der Waals surface area contributed by atoms with Crippen LogP contribution >= 0.6 is 0 Å². The van der Waals surface area contributed by atoms with E-state index in [1.807, 2.05) is 0 Å². The van der Waals surface area contributed by atoms with E-state index in [-0.39, 0.29) is 18.4 Å². The molecule has 0 unspecified atom stereocenters. The second kappa shape index (κ2) is 8.60. The third-order valence-corrected chi connectivity index (χ3v) is 3.83. The monoisotopic (exact) mass is 374 g/mol. The summed E-state index contributed by atoms with van der Waals surface area (Å²) < 4.78 is 1.47. The van der Waals surface area contributed by atoms with Crippen molar-refractivity contribution < 1.29 is 9.59 Å². The third kappa shape index (κ3) is 4.59. The van der Waals surface area contributed by atoms with Crippen molar-refractivity contribution in [3.05, 3.63) is 71.5 Å². The number of aromatic nitrogens is 4. The minimum Gasteiger partial charge on any atom is -0.345 e. The molecule has 0 saturated carbocycles. The zero-order valence-electron chi connectivity index (χ0n) is 15.5. The largest absolute Gasteiger partial charge is 0.345 e. The summed E-state index contributed by atoms with van der Waals surface area (Å²) in [6.45, 7) is 0.201. The highest BCUT2D eigenvalue weighted by Crippen LogP contribution is 2.08. The molecule has 8 nitrogen and oxygen atoms in total. The lowest BCUT2D eigenvalue weighted by Crippen LogP contribution is -2.23. The van der Waals surface area contributed by atoms with Crippen molar-refractivity contribution >= 4 is 11.8 Å². The molecule has 140 valence electrons. The average Bonchev–Trinajstić information content (AvgIpc) is 3.26. The molecule has 2 aromatic carbocycles. The Balaban J connectivity index is 1.58. The number of hydrogen-bond donors (Lipinski definition) is 1. The minimum absolute atomic E-state index is 0.0596. The maximum absolute atomic E-state index is 12.3. The van der Waals surface area contributed by atoms with E-state index in [2.05, 4.69) is 32.7 Å². The second-order valence-electron chi connectivity index (χ2n) is 6.07. The highest BCUT2D eigenvalue weighted by atomic mass is 16.2. The average molecular weight is 374 g/mol. The van der Waals surface area contributed by atoms with Gasteiger partial charge in [-0.3, -0.25) is 9.59 Å². The van der Waals surface area contributed by atoms with Crippen molar-refractivity contribution in [2.75, 3.05) is 20.6 Å².